The molecule has 3 nitrogen and oxygen atoms in total. The van der Waals surface area contributed by atoms with Gasteiger partial charge in [-0.05, 0) is 34.5 Å². The topological polar surface area (TPSA) is 55.5 Å². The second kappa shape index (κ2) is 5.91. The monoisotopic (exact) mass is 271 g/mol. The molecule has 0 aliphatic carbocycles. The van der Waals surface area contributed by atoms with Crippen LogP contribution in [0.1, 0.15) is 17.2 Å². The lowest BCUT2D eigenvalue weighted by Gasteiger charge is -2.14. The summed E-state index contributed by atoms with van der Waals surface area (Å²) in [4.78, 5) is 0. The third-order valence-corrected chi connectivity index (χ3v) is 3.16. The maximum Gasteiger partial charge on any atom is 0.127 e. The summed E-state index contributed by atoms with van der Waals surface area (Å²) >= 11 is 1.61. The summed E-state index contributed by atoms with van der Waals surface area (Å²) in [6.07, 6.45) is 0. The quantitative estimate of drug-likeness (QED) is 0.902. The van der Waals surface area contributed by atoms with Crippen molar-refractivity contribution < 1.29 is 9.84 Å². The second-order valence-corrected chi connectivity index (χ2v) is 4.24. The van der Waals surface area contributed by atoms with Crippen molar-refractivity contribution in [3.63, 3.8) is 0 Å². The van der Waals surface area contributed by atoms with Crippen LogP contribution in [0.5, 0.6) is 11.5 Å². The molecule has 1 atom stereocenters. The molecule has 2 aromatic rings. The van der Waals surface area contributed by atoms with Crippen LogP contribution in [0.2, 0.25) is 0 Å². The standard InChI is InChI=1S/C12H13NO2S.ClH/c1-15-11-6-9(14)2-3-10(11)12(13)8-4-5-16-7-8;/h2-7,12,14H,13H2,1H3;1H/t12-;/m1./s1. The van der Waals surface area contributed by atoms with Crippen LogP contribution < -0.4 is 10.5 Å². The molecule has 3 N–H and O–H groups in total. The summed E-state index contributed by atoms with van der Waals surface area (Å²) in [6, 6.07) is 6.74. The fourth-order valence-corrected chi connectivity index (χ4v) is 2.28. The van der Waals surface area contributed by atoms with E-state index in [4.69, 9.17) is 10.5 Å². The summed E-state index contributed by atoms with van der Waals surface area (Å²) in [5, 5.41) is 13.4. The fraction of sp³-hybridized carbons (Fsp3) is 0.167. The number of phenols is 1. The van der Waals surface area contributed by atoms with E-state index in [2.05, 4.69) is 0 Å². The number of nitrogens with two attached hydrogens (primary N) is 1. The Morgan fingerprint density at radius 1 is 1.35 bits per heavy atom. The maximum absolute atomic E-state index is 9.36. The number of hydrogen-bond donors (Lipinski definition) is 2. The van der Waals surface area contributed by atoms with E-state index in [1.807, 2.05) is 16.8 Å². The van der Waals surface area contributed by atoms with Crippen molar-refractivity contribution in [2.45, 2.75) is 6.04 Å². The molecule has 0 unspecified atom stereocenters. The van der Waals surface area contributed by atoms with Gasteiger partial charge in [-0.2, -0.15) is 11.3 Å². The van der Waals surface area contributed by atoms with Crippen molar-refractivity contribution in [3.8, 4) is 11.5 Å². The highest BCUT2D eigenvalue weighted by Crippen LogP contribution is 2.31. The van der Waals surface area contributed by atoms with Gasteiger partial charge in [0, 0.05) is 11.6 Å². The van der Waals surface area contributed by atoms with Crippen LogP contribution in [0.25, 0.3) is 0 Å². The predicted octanol–water partition coefficient (Wildman–Crippen LogP) is 2.93. The zero-order valence-corrected chi connectivity index (χ0v) is 10.9. The maximum atomic E-state index is 9.36. The first-order valence-electron chi connectivity index (χ1n) is 4.87. The van der Waals surface area contributed by atoms with Gasteiger partial charge in [-0.15, -0.1) is 12.4 Å². The summed E-state index contributed by atoms with van der Waals surface area (Å²) in [6.45, 7) is 0. The van der Waals surface area contributed by atoms with E-state index in [0.29, 0.717) is 5.75 Å². The van der Waals surface area contributed by atoms with E-state index in [0.717, 1.165) is 11.1 Å². The second-order valence-electron chi connectivity index (χ2n) is 3.46. The first-order valence-corrected chi connectivity index (χ1v) is 5.81. The van der Waals surface area contributed by atoms with E-state index >= 15 is 0 Å². The predicted molar refractivity (Wildman–Crippen MR) is 72.3 cm³/mol. The number of ether oxygens (including phenoxy) is 1. The molecule has 1 aromatic heterocycles. The van der Waals surface area contributed by atoms with Crippen molar-refractivity contribution >= 4 is 23.7 Å². The normalized spacial score (nSPS) is 11.6. The molecular formula is C12H14ClNO2S. The van der Waals surface area contributed by atoms with Crippen molar-refractivity contribution in [3.05, 3.63) is 46.2 Å². The van der Waals surface area contributed by atoms with Gasteiger partial charge in [0.25, 0.3) is 0 Å². The van der Waals surface area contributed by atoms with Crippen molar-refractivity contribution in [1.82, 2.24) is 0 Å². The van der Waals surface area contributed by atoms with Crippen LogP contribution in [0, 0.1) is 0 Å². The van der Waals surface area contributed by atoms with Crippen molar-refractivity contribution in [1.29, 1.82) is 0 Å². The smallest absolute Gasteiger partial charge is 0.127 e. The Hall–Kier alpha value is -1.23. The number of halogens is 1. The molecule has 0 saturated carbocycles. The van der Waals surface area contributed by atoms with Crippen LogP contribution in [0.4, 0.5) is 0 Å². The summed E-state index contributed by atoms with van der Waals surface area (Å²) in [7, 11) is 1.57. The molecule has 0 radical (unpaired) electrons. The van der Waals surface area contributed by atoms with E-state index in [9.17, 15) is 5.11 Å². The first-order chi connectivity index (χ1) is 7.72. The van der Waals surface area contributed by atoms with Gasteiger partial charge in [0.05, 0.1) is 13.2 Å². The van der Waals surface area contributed by atoms with E-state index in [1.165, 1.54) is 0 Å². The molecule has 0 amide bonds. The average Bonchev–Trinajstić information content (AvgIpc) is 2.81. The largest absolute Gasteiger partial charge is 0.508 e. The number of aromatic hydroxyl groups is 1. The molecule has 92 valence electrons. The minimum absolute atomic E-state index is 0. The Kier molecular flexibility index (Phi) is 4.81. The average molecular weight is 272 g/mol. The van der Waals surface area contributed by atoms with E-state index < -0.39 is 0 Å². The molecule has 0 aliphatic rings. The van der Waals surface area contributed by atoms with Gasteiger partial charge in [-0.25, -0.2) is 0 Å². The van der Waals surface area contributed by atoms with Crippen LogP contribution in [-0.2, 0) is 0 Å². The number of phenolic OH excluding ortho intramolecular Hbond substituents is 1. The molecule has 5 heteroatoms. The Balaban J connectivity index is 0.00000144. The molecular weight excluding hydrogens is 258 g/mol. The van der Waals surface area contributed by atoms with Crippen LogP contribution in [0.3, 0.4) is 0 Å². The first kappa shape index (κ1) is 13.8. The molecule has 0 saturated heterocycles. The molecule has 0 fully saturated rings. The lowest BCUT2D eigenvalue weighted by atomic mass is 10.0. The minimum atomic E-state index is -0.221. The number of rotatable bonds is 3. The Labute approximate surface area is 110 Å². The molecule has 0 aliphatic heterocycles. The van der Waals surface area contributed by atoms with Crippen LogP contribution in [0.15, 0.2) is 35.0 Å². The molecule has 1 heterocycles. The third-order valence-electron chi connectivity index (χ3n) is 2.45. The highest BCUT2D eigenvalue weighted by molar-refractivity contribution is 7.08. The molecule has 0 bridgehead atoms. The van der Waals surface area contributed by atoms with Gasteiger partial charge >= 0.3 is 0 Å². The SMILES string of the molecule is COc1cc(O)ccc1[C@H](N)c1ccsc1.Cl. The molecule has 0 spiro atoms. The van der Waals surface area contributed by atoms with Gasteiger partial charge in [0.2, 0.25) is 0 Å². The third kappa shape index (κ3) is 2.91. The van der Waals surface area contributed by atoms with Crippen molar-refractivity contribution in [2.24, 2.45) is 5.73 Å². The number of thiophene rings is 1. The number of benzene rings is 1. The fourth-order valence-electron chi connectivity index (χ4n) is 1.59. The van der Waals surface area contributed by atoms with Gasteiger partial charge in [0.1, 0.15) is 11.5 Å². The Bertz CT molecular complexity index is 473. The highest BCUT2D eigenvalue weighted by atomic mass is 35.5. The Morgan fingerprint density at radius 3 is 2.71 bits per heavy atom. The van der Waals surface area contributed by atoms with Gasteiger partial charge in [0.15, 0.2) is 0 Å². The zero-order chi connectivity index (χ0) is 11.5. The van der Waals surface area contributed by atoms with Gasteiger partial charge < -0.3 is 15.6 Å². The zero-order valence-electron chi connectivity index (χ0n) is 9.29. The molecule has 2 rings (SSSR count). The summed E-state index contributed by atoms with van der Waals surface area (Å²) in [5.74, 6) is 0.789. The highest BCUT2D eigenvalue weighted by Gasteiger charge is 2.14. The summed E-state index contributed by atoms with van der Waals surface area (Å²) in [5.41, 5.74) is 8.06. The minimum Gasteiger partial charge on any atom is -0.508 e. The lowest BCUT2D eigenvalue weighted by molar-refractivity contribution is 0.401. The van der Waals surface area contributed by atoms with E-state index in [1.54, 1.807) is 36.6 Å². The van der Waals surface area contributed by atoms with E-state index in [-0.39, 0.29) is 24.2 Å². The van der Waals surface area contributed by atoms with Crippen LogP contribution >= 0.6 is 23.7 Å². The Morgan fingerprint density at radius 2 is 2.12 bits per heavy atom. The lowest BCUT2D eigenvalue weighted by Crippen LogP contribution is -2.12. The van der Waals surface area contributed by atoms with Gasteiger partial charge in [-0.3, -0.25) is 0 Å². The van der Waals surface area contributed by atoms with Gasteiger partial charge in [-0.1, -0.05) is 0 Å². The number of methoxy groups -OCH3 is 1. The molecule has 17 heavy (non-hydrogen) atoms. The van der Waals surface area contributed by atoms with Crippen molar-refractivity contribution in [2.75, 3.05) is 7.11 Å². The van der Waals surface area contributed by atoms with Crippen LogP contribution in [-0.4, -0.2) is 12.2 Å². The molecule has 1 aromatic carbocycles. The summed E-state index contributed by atoms with van der Waals surface area (Å²) < 4.78 is 5.21. The number of hydrogen-bond acceptors (Lipinski definition) is 4.